The van der Waals surface area contributed by atoms with Gasteiger partial charge in [-0.25, -0.2) is 9.59 Å². The maximum Gasteiger partial charge on any atom is 0.351 e. The standard InChI is InChI=1S/C15H9Cl3O4/c1-21-13-11(18)6-5-10(17)12(13)15(20)22-14(19)8-3-2-4-9(16)7-8/h2-7H,1H3. The Labute approximate surface area is 141 Å². The Balaban J connectivity index is 2.30. The van der Waals surface area contributed by atoms with Gasteiger partial charge in [0.25, 0.3) is 0 Å². The van der Waals surface area contributed by atoms with Crippen LogP contribution in [0, 0.1) is 0 Å². The van der Waals surface area contributed by atoms with Gasteiger partial charge < -0.3 is 9.47 Å². The van der Waals surface area contributed by atoms with Gasteiger partial charge in [0.1, 0.15) is 5.56 Å². The van der Waals surface area contributed by atoms with Crippen molar-refractivity contribution in [3.05, 3.63) is 62.6 Å². The molecule has 114 valence electrons. The predicted octanol–water partition coefficient (Wildman–Crippen LogP) is 4.65. The number of benzene rings is 2. The first kappa shape index (κ1) is 16.6. The van der Waals surface area contributed by atoms with E-state index in [0.29, 0.717) is 5.02 Å². The first-order valence-corrected chi connectivity index (χ1v) is 7.11. The Hall–Kier alpha value is -1.75. The van der Waals surface area contributed by atoms with Crippen LogP contribution in [0.15, 0.2) is 36.4 Å². The van der Waals surface area contributed by atoms with Gasteiger partial charge in [0.2, 0.25) is 0 Å². The molecule has 0 N–H and O–H groups in total. The van der Waals surface area contributed by atoms with Crippen LogP contribution in [-0.4, -0.2) is 19.0 Å². The van der Waals surface area contributed by atoms with Gasteiger partial charge in [-0.1, -0.05) is 40.9 Å². The Kier molecular flexibility index (Phi) is 5.29. The molecule has 7 heteroatoms. The number of hydrogen-bond acceptors (Lipinski definition) is 4. The number of carbonyl (C=O) groups is 2. The summed E-state index contributed by atoms with van der Waals surface area (Å²) in [5.41, 5.74) is 0.0185. The molecule has 2 aromatic carbocycles. The van der Waals surface area contributed by atoms with Crippen LogP contribution in [0.3, 0.4) is 0 Å². The van der Waals surface area contributed by atoms with Crippen molar-refractivity contribution in [2.45, 2.75) is 0 Å². The van der Waals surface area contributed by atoms with E-state index in [2.05, 4.69) is 0 Å². The highest BCUT2D eigenvalue weighted by Gasteiger charge is 2.23. The summed E-state index contributed by atoms with van der Waals surface area (Å²) in [5, 5.41) is 0.583. The Morgan fingerprint density at radius 2 is 1.64 bits per heavy atom. The molecule has 0 aliphatic heterocycles. The molecule has 0 atom stereocenters. The molecule has 0 bridgehead atoms. The van der Waals surface area contributed by atoms with Crippen molar-refractivity contribution in [3.8, 4) is 5.75 Å². The topological polar surface area (TPSA) is 52.6 Å². The third-order valence-corrected chi connectivity index (χ3v) is 3.56. The first-order chi connectivity index (χ1) is 10.4. The number of carbonyl (C=O) groups excluding carboxylic acids is 2. The SMILES string of the molecule is COc1c(Cl)ccc(Cl)c1C(=O)OC(=O)c1cccc(Cl)c1. The predicted molar refractivity (Wildman–Crippen MR) is 84.2 cm³/mol. The summed E-state index contributed by atoms with van der Waals surface area (Å²) in [6, 6.07) is 8.89. The number of ether oxygens (including phenoxy) is 2. The summed E-state index contributed by atoms with van der Waals surface area (Å²) in [5.74, 6) is -1.78. The van der Waals surface area contributed by atoms with E-state index in [4.69, 9.17) is 44.3 Å². The molecule has 0 aliphatic carbocycles. The molecule has 0 fully saturated rings. The molecule has 0 aromatic heterocycles. The summed E-state index contributed by atoms with van der Waals surface area (Å²) in [7, 11) is 1.33. The molecule has 4 nitrogen and oxygen atoms in total. The maximum atomic E-state index is 12.2. The zero-order chi connectivity index (χ0) is 16.3. The molecule has 0 saturated heterocycles. The third kappa shape index (κ3) is 3.53. The molecule has 2 aromatic rings. The van der Waals surface area contributed by atoms with E-state index in [9.17, 15) is 9.59 Å². The summed E-state index contributed by atoms with van der Waals surface area (Å²) in [4.78, 5) is 24.1. The minimum Gasteiger partial charge on any atom is -0.494 e. The fraction of sp³-hybridized carbons (Fsp3) is 0.0667. The smallest absolute Gasteiger partial charge is 0.351 e. The number of esters is 2. The molecule has 0 spiro atoms. The zero-order valence-corrected chi connectivity index (χ0v) is 13.5. The minimum absolute atomic E-state index is 0.0399. The highest BCUT2D eigenvalue weighted by molar-refractivity contribution is 6.37. The number of hydrogen-bond donors (Lipinski definition) is 0. The average Bonchev–Trinajstić information content (AvgIpc) is 2.49. The molecule has 0 heterocycles. The van der Waals surface area contributed by atoms with Gasteiger partial charge in [0.15, 0.2) is 5.75 Å². The lowest BCUT2D eigenvalue weighted by molar-refractivity contribution is 0.0396. The largest absolute Gasteiger partial charge is 0.494 e. The molecular formula is C15H9Cl3O4. The minimum atomic E-state index is -0.964. The molecular weight excluding hydrogens is 351 g/mol. The Morgan fingerprint density at radius 1 is 0.955 bits per heavy atom. The summed E-state index contributed by atoms with van der Waals surface area (Å²) in [6.45, 7) is 0. The van der Waals surface area contributed by atoms with Crippen LogP contribution in [0.4, 0.5) is 0 Å². The van der Waals surface area contributed by atoms with Crippen LogP contribution in [-0.2, 0) is 4.74 Å². The summed E-state index contributed by atoms with van der Waals surface area (Å²) in [6.07, 6.45) is 0. The van der Waals surface area contributed by atoms with E-state index >= 15 is 0 Å². The Bertz CT molecular complexity index is 744. The van der Waals surface area contributed by atoms with Gasteiger partial charge in [-0.3, -0.25) is 0 Å². The second kappa shape index (κ2) is 7.01. The summed E-state index contributed by atoms with van der Waals surface area (Å²) < 4.78 is 9.83. The molecule has 0 unspecified atom stereocenters. The fourth-order valence-electron chi connectivity index (χ4n) is 1.73. The normalized spacial score (nSPS) is 10.2. The van der Waals surface area contributed by atoms with Crippen LogP contribution in [0.2, 0.25) is 15.1 Å². The summed E-state index contributed by atoms with van der Waals surface area (Å²) >= 11 is 17.7. The molecule has 0 saturated carbocycles. The number of halogens is 3. The number of rotatable bonds is 3. The molecule has 0 radical (unpaired) electrons. The van der Waals surface area contributed by atoms with Gasteiger partial charge in [0.05, 0.1) is 22.7 Å². The van der Waals surface area contributed by atoms with Crippen molar-refractivity contribution >= 4 is 46.7 Å². The van der Waals surface area contributed by atoms with Crippen LogP contribution in [0.25, 0.3) is 0 Å². The monoisotopic (exact) mass is 358 g/mol. The quantitative estimate of drug-likeness (QED) is 0.591. The lowest BCUT2D eigenvalue weighted by Crippen LogP contribution is -2.14. The van der Waals surface area contributed by atoms with Crippen LogP contribution < -0.4 is 4.74 Å². The second-order valence-electron chi connectivity index (χ2n) is 4.12. The van der Waals surface area contributed by atoms with E-state index < -0.39 is 11.9 Å². The molecule has 22 heavy (non-hydrogen) atoms. The van der Waals surface area contributed by atoms with Crippen LogP contribution in [0.1, 0.15) is 20.7 Å². The van der Waals surface area contributed by atoms with Crippen molar-refractivity contribution in [2.75, 3.05) is 7.11 Å². The Morgan fingerprint density at radius 3 is 2.27 bits per heavy atom. The van der Waals surface area contributed by atoms with Gasteiger partial charge in [0, 0.05) is 5.02 Å². The fourth-order valence-corrected chi connectivity index (χ4v) is 2.38. The van der Waals surface area contributed by atoms with Crippen LogP contribution >= 0.6 is 34.8 Å². The van der Waals surface area contributed by atoms with E-state index in [-0.39, 0.29) is 26.9 Å². The van der Waals surface area contributed by atoms with Crippen molar-refractivity contribution in [2.24, 2.45) is 0 Å². The van der Waals surface area contributed by atoms with Crippen LogP contribution in [0.5, 0.6) is 5.75 Å². The second-order valence-corrected chi connectivity index (χ2v) is 5.38. The third-order valence-electron chi connectivity index (χ3n) is 2.71. The lowest BCUT2D eigenvalue weighted by Gasteiger charge is -2.11. The van der Waals surface area contributed by atoms with Gasteiger partial charge in [-0.05, 0) is 30.3 Å². The van der Waals surface area contributed by atoms with Crippen molar-refractivity contribution < 1.29 is 19.1 Å². The first-order valence-electron chi connectivity index (χ1n) is 5.98. The molecule has 2 rings (SSSR count). The van der Waals surface area contributed by atoms with Gasteiger partial charge in [-0.2, -0.15) is 0 Å². The van der Waals surface area contributed by atoms with Gasteiger partial charge >= 0.3 is 11.9 Å². The number of methoxy groups -OCH3 is 1. The lowest BCUT2D eigenvalue weighted by atomic mass is 10.2. The van der Waals surface area contributed by atoms with Gasteiger partial charge in [-0.15, -0.1) is 0 Å². The molecule has 0 aliphatic rings. The van der Waals surface area contributed by atoms with Crippen molar-refractivity contribution in [1.29, 1.82) is 0 Å². The van der Waals surface area contributed by atoms with E-state index in [1.165, 1.54) is 31.4 Å². The highest BCUT2D eigenvalue weighted by atomic mass is 35.5. The van der Waals surface area contributed by atoms with E-state index in [1.807, 2.05) is 0 Å². The molecule has 0 amide bonds. The van der Waals surface area contributed by atoms with Crippen molar-refractivity contribution in [3.63, 3.8) is 0 Å². The van der Waals surface area contributed by atoms with E-state index in [0.717, 1.165) is 0 Å². The zero-order valence-electron chi connectivity index (χ0n) is 11.2. The maximum absolute atomic E-state index is 12.2. The highest BCUT2D eigenvalue weighted by Crippen LogP contribution is 2.34. The van der Waals surface area contributed by atoms with Crippen molar-refractivity contribution in [1.82, 2.24) is 0 Å². The van der Waals surface area contributed by atoms with E-state index in [1.54, 1.807) is 12.1 Å². The average molecular weight is 360 g/mol.